The maximum atomic E-state index is 13.4. The summed E-state index contributed by atoms with van der Waals surface area (Å²) < 4.78 is 13.4. The van der Waals surface area contributed by atoms with Crippen LogP contribution in [0.25, 0.3) is 0 Å². The number of halogens is 1. The summed E-state index contributed by atoms with van der Waals surface area (Å²) in [6, 6.07) is 11.2. The largest absolute Gasteiger partial charge is 0.368 e. The van der Waals surface area contributed by atoms with Crippen molar-refractivity contribution in [2.75, 3.05) is 41.7 Å². The van der Waals surface area contributed by atoms with Gasteiger partial charge in [0.05, 0.1) is 0 Å². The number of rotatable bonds is 4. The molecule has 0 aromatic heterocycles. The second-order valence-electron chi connectivity index (χ2n) is 7.89. The molecule has 0 spiro atoms. The van der Waals surface area contributed by atoms with Crippen LogP contribution in [0.3, 0.4) is 0 Å². The van der Waals surface area contributed by atoms with Gasteiger partial charge in [0.1, 0.15) is 5.82 Å². The molecule has 2 aliphatic heterocycles. The zero-order valence-corrected chi connectivity index (χ0v) is 18.1. The van der Waals surface area contributed by atoms with E-state index in [1.165, 1.54) is 5.56 Å². The van der Waals surface area contributed by atoms with Crippen molar-refractivity contribution in [3.63, 3.8) is 0 Å². The third-order valence-corrected chi connectivity index (χ3v) is 5.34. The molecule has 1 saturated heterocycles. The van der Waals surface area contributed by atoms with Crippen LogP contribution >= 0.6 is 0 Å². The van der Waals surface area contributed by atoms with Crippen LogP contribution in [0, 0.1) is 12.7 Å². The van der Waals surface area contributed by atoms with Gasteiger partial charge in [0.25, 0.3) is 0 Å². The van der Waals surface area contributed by atoms with E-state index in [4.69, 9.17) is 0 Å². The van der Waals surface area contributed by atoms with Gasteiger partial charge in [0.2, 0.25) is 12.3 Å². The Kier molecular flexibility index (Phi) is 7.28. The van der Waals surface area contributed by atoms with E-state index < -0.39 is 0 Å². The number of carbonyl (C=O) groups is 2. The van der Waals surface area contributed by atoms with Crippen molar-refractivity contribution in [2.24, 2.45) is 0 Å². The summed E-state index contributed by atoms with van der Waals surface area (Å²) in [5, 5.41) is 6.01. The first-order chi connectivity index (χ1) is 14.9. The SMILES string of the molecule is C=C(C)Nc1ccc2c(c1)CCC(=O)N2.Cc1ccc(N2CCN(C=O)CC2)cc1F. The number of allylic oxidation sites excluding steroid dienone is 1. The Labute approximate surface area is 182 Å². The molecule has 2 amide bonds. The minimum absolute atomic E-state index is 0.100. The van der Waals surface area contributed by atoms with Crippen LogP contribution < -0.4 is 15.5 Å². The molecule has 0 bridgehead atoms. The van der Waals surface area contributed by atoms with E-state index in [2.05, 4.69) is 28.2 Å². The molecule has 2 aromatic rings. The molecule has 7 heteroatoms. The predicted molar refractivity (Wildman–Crippen MR) is 123 cm³/mol. The zero-order valence-electron chi connectivity index (χ0n) is 18.1. The summed E-state index contributed by atoms with van der Waals surface area (Å²) in [6.45, 7) is 10.4. The molecule has 31 heavy (non-hydrogen) atoms. The fourth-order valence-electron chi connectivity index (χ4n) is 3.57. The van der Waals surface area contributed by atoms with Crippen molar-refractivity contribution >= 4 is 29.4 Å². The van der Waals surface area contributed by atoms with Gasteiger partial charge in [-0.15, -0.1) is 0 Å². The lowest BCUT2D eigenvalue weighted by molar-refractivity contribution is -0.118. The molecule has 0 atom stereocenters. The maximum Gasteiger partial charge on any atom is 0.224 e. The number of amides is 2. The minimum atomic E-state index is -0.171. The lowest BCUT2D eigenvalue weighted by atomic mass is 10.0. The highest BCUT2D eigenvalue weighted by atomic mass is 19.1. The number of nitrogens with zero attached hydrogens (tertiary/aromatic N) is 2. The second kappa shape index (κ2) is 10.1. The van der Waals surface area contributed by atoms with Crippen LogP contribution in [0.1, 0.15) is 24.5 Å². The van der Waals surface area contributed by atoms with Gasteiger partial charge >= 0.3 is 0 Å². The van der Waals surface area contributed by atoms with Gasteiger partial charge in [-0.25, -0.2) is 4.39 Å². The van der Waals surface area contributed by atoms with Crippen LogP contribution in [0.5, 0.6) is 0 Å². The number of benzene rings is 2. The minimum Gasteiger partial charge on any atom is -0.368 e. The summed E-state index contributed by atoms with van der Waals surface area (Å²) in [4.78, 5) is 25.5. The molecular formula is C24H29FN4O2. The molecule has 2 aliphatic rings. The number of fused-ring (bicyclic) bond motifs is 1. The molecule has 0 radical (unpaired) electrons. The zero-order chi connectivity index (χ0) is 22.4. The van der Waals surface area contributed by atoms with Crippen LogP contribution in [0.4, 0.5) is 21.5 Å². The van der Waals surface area contributed by atoms with Gasteiger partial charge in [-0.3, -0.25) is 9.59 Å². The van der Waals surface area contributed by atoms with E-state index in [-0.39, 0.29) is 11.7 Å². The van der Waals surface area contributed by atoms with Gasteiger partial charge < -0.3 is 20.4 Å². The quantitative estimate of drug-likeness (QED) is 0.730. The lowest BCUT2D eigenvalue weighted by Crippen LogP contribution is -2.45. The first-order valence-corrected chi connectivity index (χ1v) is 10.4. The molecule has 2 N–H and O–H groups in total. The molecular weight excluding hydrogens is 395 g/mol. The van der Waals surface area contributed by atoms with Crippen molar-refractivity contribution in [3.8, 4) is 0 Å². The highest BCUT2D eigenvalue weighted by Gasteiger charge is 2.16. The normalized spacial score (nSPS) is 15.3. The summed E-state index contributed by atoms with van der Waals surface area (Å²) in [5.74, 6) is -0.0709. The van der Waals surface area contributed by atoms with Crippen LogP contribution in [-0.4, -0.2) is 43.4 Å². The predicted octanol–water partition coefficient (Wildman–Crippen LogP) is 3.93. The number of anilines is 3. The van der Waals surface area contributed by atoms with Crippen LogP contribution in [0.15, 0.2) is 48.7 Å². The summed E-state index contributed by atoms with van der Waals surface area (Å²) in [6.07, 6.45) is 2.25. The fourth-order valence-corrected chi connectivity index (χ4v) is 3.57. The van der Waals surface area contributed by atoms with E-state index in [1.807, 2.05) is 25.1 Å². The second-order valence-corrected chi connectivity index (χ2v) is 7.89. The summed E-state index contributed by atoms with van der Waals surface area (Å²) in [5.41, 5.74) is 5.61. The highest BCUT2D eigenvalue weighted by Crippen LogP contribution is 2.26. The van der Waals surface area contributed by atoms with Crippen molar-refractivity contribution in [2.45, 2.75) is 26.7 Å². The lowest BCUT2D eigenvalue weighted by Gasteiger charge is -2.34. The van der Waals surface area contributed by atoms with Crippen LogP contribution in [-0.2, 0) is 16.0 Å². The topological polar surface area (TPSA) is 64.7 Å². The van der Waals surface area contributed by atoms with Crippen molar-refractivity contribution in [1.29, 1.82) is 0 Å². The highest BCUT2D eigenvalue weighted by molar-refractivity contribution is 5.94. The maximum absolute atomic E-state index is 13.4. The molecule has 0 saturated carbocycles. The van der Waals surface area contributed by atoms with Crippen molar-refractivity contribution in [3.05, 3.63) is 65.6 Å². The number of hydrogen-bond acceptors (Lipinski definition) is 4. The molecule has 0 unspecified atom stereocenters. The number of piperazine rings is 1. The van der Waals surface area contributed by atoms with Gasteiger partial charge in [0.15, 0.2) is 0 Å². The Bertz CT molecular complexity index is 968. The third-order valence-electron chi connectivity index (χ3n) is 5.34. The van der Waals surface area contributed by atoms with E-state index in [9.17, 15) is 14.0 Å². The van der Waals surface area contributed by atoms with Crippen molar-refractivity contribution in [1.82, 2.24) is 4.90 Å². The molecule has 2 aromatic carbocycles. The molecule has 0 aliphatic carbocycles. The number of carbonyl (C=O) groups excluding carboxylic acids is 2. The van der Waals surface area contributed by atoms with E-state index in [1.54, 1.807) is 24.0 Å². The fraction of sp³-hybridized carbons (Fsp3) is 0.333. The Hall–Kier alpha value is -3.35. The van der Waals surface area contributed by atoms with Gasteiger partial charge in [0, 0.05) is 55.4 Å². The summed E-state index contributed by atoms with van der Waals surface area (Å²) in [7, 11) is 0. The average molecular weight is 425 g/mol. The monoisotopic (exact) mass is 424 g/mol. The van der Waals surface area contributed by atoms with E-state index in [0.29, 0.717) is 25.1 Å². The van der Waals surface area contributed by atoms with Gasteiger partial charge in [-0.2, -0.15) is 0 Å². The van der Waals surface area contributed by atoms with Crippen molar-refractivity contribution < 1.29 is 14.0 Å². The summed E-state index contributed by atoms with van der Waals surface area (Å²) >= 11 is 0. The number of nitrogens with one attached hydrogen (secondary N) is 2. The van der Waals surface area contributed by atoms with Gasteiger partial charge in [-0.1, -0.05) is 12.6 Å². The first-order valence-electron chi connectivity index (χ1n) is 10.4. The van der Waals surface area contributed by atoms with E-state index in [0.717, 1.165) is 48.7 Å². The molecule has 164 valence electrons. The van der Waals surface area contributed by atoms with Crippen LogP contribution in [0.2, 0.25) is 0 Å². The smallest absolute Gasteiger partial charge is 0.224 e. The number of aryl methyl sites for hydroxylation is 2. The Morgan fingerprint density at radius 1 is 1.13 bits per heavy atom. The standard InChI is InChI=1S/C12H15FN2O.C12H14N2O/c1-10-2-3-11(8-12(10)13)15-6-4-14(9-16)5-7-15;1-8(2)13-10-4-5-11-9(7-10)3-6-12(15)14-11/h2-3,8-9H,4-7H2,1H3;4-5,7,13H,1,3,6H2,2H3,(H,14,15). The average Bonchev–Trinajstić information content (AvgIpc) is 2.76. The third kappa shape index (κ3) is 6.07. The molecule has 6 nitrogen and oxygen atoms in total. The first kappa shape index (κ1) is 22.3. The molecule has 2 heterocycles. The van der Waals surface area contributed by atoms with E-state index >= 15 is 0 Å². The Balaban J connectivity index is 0.000000176. The number of hydrogen-bond donors (Lipinski definition) is 2. The van der Waals surface area contributed by atoms with Gasteiger partial charge in [-0.05, 0) is 61.7 Å². The Morgan fingerprint density at radius 3 is 2.52 bits per heavy atom. The Morgan fingerprint density at radius 2 is 1.87 bits per heavy atom. The molecule has 4 rings (SSSR count). The molecule has 1 fully saturated rings.